The molecule has 0 atom stereocenters. The number of oxime groups is 1. The molecule has 0 aliphatic carbocycles. The van der Waals surface area contributed by atoms with Gasteiger partial charge in [-0.25, -0.2) is 4.79 Å². The molecule has 0 fully saturated rings. The Morgan fingerprint density at radius 1 is 1.29 bits per heavy atom. The molecule has 0 heterocycles. The van der Waals surface area contributed by atoms with Crippen molar-refractivity contribution in [1.82, 2.24) is 10.2 Å². The predicted octanol–water partition coefficient (Wildman–Crippen LogP) is 1.69. The van der Waals surface area contributed by atoms with Gasteiger partial charge >= 0.3 is 6.09 Å². The Balaban J connectivity index is 0.00000256. The van der Waals surface area contributed by atoms with E-state index in [0.29, 0.717) is 5.84 Å². The number of nitrogens with zero attached hydrogens (tertiary/aromatic N) is 2. The van der Waals surface area contributed by atoms with Crippen LogP contribution in [0.15, 0.2) is 35.5 Å². The Morgan fingerprint density at radius 3 is 2.35 bits per heavy atom. The zero-order chi connectivity index (χ0) is 12.0. The minimum absolute atomic E-state index is 0. The van der Waals surface area contributed by atoms with E-state index >= 15 is 0 Å². The standard InChI is InChI=1S/C11H15N3O2.ClH/c1-12-11(15)16-13-10(14(2)3)9-7-5-4-6-8-9;/h4-8H,1-3H3,(H,12,15);1H/b13-10-;. The number of carbonyl (C=O) groups is 1. The second-order valence-electron chi connectivity index (χ2n) is 3.30. The van der Waals surface area contributed by atoms with Crippen LogP contribution in [0.3, 0.4) is 0 Å². The summed E-state index contributed by atoms with van der Waals surface area (Å²) < 4.78 is 0. The SMILES string of the molecule is CNC(=O)O/N=C(/c1ccccc1)N(C)C.Cl. The van der Waals surface area contributed by atoms with Crippen LogP contribution in [0.2, 0.25) is 0 Å². The van der Waals surface area contributed by atoms with Gasteiger partial charge in [0.1, 0.15) is 0 Å². The zero-order valence-corrected chi connectivity index (χ0v) is 10.8. The van der Waals surface area contributed by atoms with E-state index in [9.17, 15) is 4.79 Å². The van der Waals surface area contributed by atoms with Gasteiger partial charge in [0.15, 0.2) is 5.84 Å². The molecule has 1 aromatic carbocycles. The summed E-state index contributed by atoms with van der Waals surface area (Å²) in [6.45, 7) is 0. The number of hydrogen-bond donors (Lipinski definition) is 1. The Hall–Kier alpha value is -1.75. The van der Waals surface area contributed by atoms with Gasteiger partial charge in [-0.05, 0) is 0 Å². The summed E-state index contributed by atoms with van der Waals surface area (Å²) in [6, 6.07) is 9.50. The second-order valence-corrected chi connectivity index (χ2v) is 3.30. The van der Waals surface area contributed by atoms with Crippen LogP contribution >= 0.6 is 12.4 Å². The van der Waals surface area contributed by atoms with Crippen LogP contribution in [0.1, 0.15) is 5.56 Å². The summed E-state index contributed by atoms with van der Waals surface area (Å²) in [6.07, 6.45) is -0.588. The molecule has 0 aliphatic heterocycles. The molecule has 1 rings (SSSR count). The molecule has 0 unspecified atom stereocenters. The molecule has 1 N–H and O–H groups in total. The van der Waals surface area contributed by atoms with Gasteiger partial charge in [-0.15, -0.1) is 12.4 Å². The predicted molar refractivity (Wildman–Crippen MR) is 69.5 cm³/mol. The van der Waals surface area contributed by atoms with E-state index in [1.165, 1.54) is 7.05 Å². The number of rotatable bonds is 2. The quantitative estimate of drug-likeness (QED) is 0.380. The highest BCUT2D eigenvalue weighted by atomic mass is 35.5. The highest BCUT2D eigenvalue weighted by molar-refractivity contribution is 5.98. The van der Waals surface area contributed by atoms with Crippen LogP contribution in [-0.2, 0) is 4.84 Å². The van der Waals surface area contributed by atoms with Crippen molar-refractivity contribution in [3.63, 3.8) is 0 Å². The zero-order valence-electron chi connectivity index (χ0n) is 10.0. The molecule has 0 aliphatic rings. The second kappa shape index (κ2) is 7.51. The molecular formula is C11H16ClN3O2. The van der Waals surface area contributed by atoms with Crippen molar-refractivity contribution < 1.29 is 9.63 Å². The molecule has 5 nitrogen and oxygen atoms in total. The van der Waals surface area contributed by atoms with Gasteiger partial charge in [0.05, 0.1) is 0 Å². The maximum absolute atomic E-state index is 10.9. The van der Waals surface area contributed by atoms with Crippen molar-refractivity contribution in [2.75, 3.05) is 21.1 Å². The maximum atomic E-state index is 10.9. The van der Waals surface area contributed by atoms with Crippen LogP contribution in [-0.4, -0.2) is 38.0 Å². The topological polar surface area (TPSA) is 53.9 Å². The smallest absolute Gasteiger partial charge is 0.360 e. The van der Waals surface area contributed by atoms with E-state index in [4.69, 9.17) is 0 Å². The number of hydrogen-bond acceptors (Lipinski definition) is 3. The Labute approximate surface area is 107 Å². The first kappa shape index (κ1) is 15.2. The lowest BCUT2D eigenvalue weighted by Crippen LogP contribution is -2.25. The fraction of sp³-hybridized carbons (Fsp3) is 0.273. The highest BCUT2D eigenvalue weighted by Gasteiger charge is 2.07. The lowest BCUT2D eigenvalue weighted by Gasteiger charge is -2.14. The molecule has 1 amide bonds. The minimum Gasteiger partial charge on any atom is -0.360 e. The third kappa shape index (κ3) is 4.74. The maximum Gasteiger partial charge on any atom is 0.433 e. The van der Waals surface area contributed by atoms with Crippen LogP contribution in [0.4, 0.5) is 4.79 Å². The normalized spacial score (nSPS) is 10.2. The van der Waals surface area contributed by atoms with Crippen LogP contribution in [0.25, 0.3) is 0 Å². The first-order valence-corrected chi connectivity index (χ1v) is 4.84. The van der Waals surface area contributed by atoms with Gasteiger partial charge in [0.2, 0.25) is 0 Å². The third-order valence-electron chi connectivity index (χ3n) is 1.87. The van der Waals surface area contributed by atoms with Crippen LogP contribution in [0, 0.1) is 0 Å². The molecule has 94 valence electrons. The van der Waals surface area contributed by atoms with Crippen molar-refractivity contribution in [1.29, 1.82) is 0 Å². The minimum atomic E-state index is -0.588. The first-order valence-electron chi connectivity index (χ1n) is 4.84. The monoisotopic (exact) mass is 257 g/mol. The van der Waals surface area contributed by atoms with Crippen molar-refractivity contribution in [3.8, 4) is 0 Å². The van der Waals surface area contributed by atoms with Crippen LogP contribution < -0.4 is 5.32 Å². The molecule has 0 spiro atoms. The van der Waals surface area contributed by atoms with Gasteiger partial charge in [-0.1, -0.05) is 35.5 Å². The van der Waals surface area contributed by atoms with Gasteiger partial charge in [-0.2, -0.15) is 0 Å². The Morgan fingerprint density at radius 2 is 1.88 bits per heavy atom. The molecule has 0 saturated heterocycles. The number of benzene rings is 1. The fourth-order valence-electron chi connectivity index (χ4n) is 1.11. The average molecular weight is 258 g/mol. The Kier molecular flexibility index (Phi) is 6.74. The lowest BCUT2D eigenvalue weighted by molar-refractivity contribution is 0.151. The van der Waals surface area contributed by atoms with E-state index in [0.717, 1.165) is 5.56 Å². The largest absolute Gasteiger partial charge is 0.433 e. The summed E-state index contributed by atoms with van der Waals surface area (Å²) in [5.74, 6) is 0.587. The number of carbonyl (C=O) groups excluding carboxylic acids is 1. The molecular weight excluding hydrogens is 242 g/mol. The van der Waals surface area contributed by atoms with Gasteiger partial charge < -0.3 is 10.2 Å². The highest BCUT2D eigenvalue weighted by Crippen LogP contribution is 2.03. The van der Waals surface area contributed by atoms with E-state index in [1.807, 2.05) is 44.4 Å². The van der Waals surface area contributed by atoms with E-state index in [1.54, 1.807) is 4.90 Å². The molecule has 0 radical (unpaired) electrons. The molecule has 0 saturated carbocycles. The van der Waals surface area contributed by atoms with E-state index in [2.05, 4.69) is 15.3 Å². The summed E-state index contributed by atoms with van der Waals surface area (Å²) in [4.78, 5) is 17.4. The molecule has 1 aromatic rings. The summed E-state index contributed by atoms with van der Waals surface area (Å²) in [7, 11) is 5.15. The van der Waals surface area contributed by atoms with Gasteiger partial charge in [-0.3, -0.25) is 4.84 Å². The molecule has 6 heteroatoms. The molecule has 0 aromatic heterocycles. The first-order chi connectivity index (χ1) is 7.65. The van der Waals surface area contributed by atoms with Crippen LogP contribution in [0.5, 0.6) is 0 Å². The summed E-state index contributed by atoms with van der Waals surface area (Å²) >= 11 is 0. The average Bonchev–Trinajstić information content (AvgIpc) is 2.30. The molecule has 0 bridgehead atoms. The fourth-order valence-corrected chi connectivity index (χ4v) is 1.11. The van der Waals surface area contributed by atoms with Crippen molar-refractivity contribution >= 4 is 24.3 Å². The summed E-state index contributed by atoms with van der Waals surface area (Å²) in [5.41, 5.74) is 0.886. The summed E-state index contributed by atoms with van der Waals surface area (Å²) in [5, 5.41) is 6.12. The third-order valence-corrected chi connectivity index (χ3v) is 1.87. The van der Waals surface area contributed by atoms with Crippen molar-refractivity contribution in [3.05, 3.63) is 35.9 Å². The number of amides is 1. The van der Waals surface area contributed by atoms with Gasteiger partial charge in [0, 0.05) is 26.7 Å². The Bertz CT molecular complexity index is 380. The number of amidine groups is 1. The van der Waals surface area contributed by atoms with Crippen molar-refractivity contribution in [2.24, 2.45) is 5.16 Å². The number of nitrogens with one attached hydrogen (secondary N) is 1. The van der Waals surface area contributed by atoms with E-state index in [-0.39, 0.29) is 12.4 Å². The van der Waals surface area contributed by atoms with Gasteiger partial charge in [0.25, 0.3) is 0 Å². The molecule has 17 heavy (non-hydrogen) atoms. The lowest BCUT2D eigenvalue weighted by atomic mass is 10.2. The van der Waals surface area contributed by atoms with Crippen molar-refractivity contribution in [2.45, 2.75) is 0 Å². The number of halogens is 1. The van der Waals surface area contributed by atoms with E-state index < -0.39 is 6.09 Å².